The molecule has 1 aromatic heterocycles. The molecule has 7 heteroatoms. The summed E-state index contributed by atoms with van der Waals surface area (Å²) in [6.07, 6.45) is -3.09. The normalized spacial score (nSPS) is 10.6. The van der Waals surface area contributed by atoms with E-state index in [0.717, 1.165) is 6.07 Å². The highest BCUT2D eigenvalue weighted by molar-refractivity contribution is 6.17. The molecular weight excluding hydrogens is 256 g/mol. The summed E-state index contributed by atoms with van der Waals surface area (Å²) in [5, 5.41) is 0. The van der Waals surface area contributed by atoms with E-state index >= 15 is 0 Å². The summed E-state index contributed by atoms with van der Waals surface area (Å²) in [4.78, 5) is 24.6. The van der Waals surface area contributed by atoms with Crippen LogP contribution >= 0.6 is 11.6 Å². The zero-order valence-corrected chi connectivity index (χ0v) is 9.68. The monoisotopic (exact) mass is 265 g/mol. The first-order chi connectivity index (χ1) is 7.99. The molecular formula is C10H10ClF2NO3. The molecule has 0 aliphatic carbocycles. The predicted molar refractivity (Wildman–Crippen MR) is 57.3 cm³/mol. The number of carbonyl (C=O) groups excluding carboxylic acids is 1. The first-order valence-corrected chi connectivity index (χ1v) is 5.19. The highest BCUT2D eigenvalue weighted by Gasteiger charge is 2.17. The Morgan fingerprint density at radius 3 is 2.71 bits per heavy atom. The van der Waals surface area contributed by atoms with E-state index in [4.69, 9.17) is 11.6 Å². The van der Waals surface area contributed by atoms with E-state index in [1.807, 2.05) is 0 Å². The number of carbonyl (C=O) groups is 1. The molecule has 0 fully saturated rings. The molecule has 0 amide bonds. The quantitative estimate of drug-likeness (QED) is 0.667. The topological polar surface area (TPSA) is 59.2 Å². The molecule has 0 unspecified atom stereocenters. The average molecular weight is 266 g/mol. The summed E-state index contributed by atoms with van der Waals surface area (Å²) in [6.45, 7) is 0. The summed E-state index contributed by atoms with van der Waals surface area (Å²) in [6, 6.07) is 1.01. The summed E-state index contributed by atoms with van der Waals surface area (Å²) in [7, 11) is 1.19. The van der Waals surface area contributed by atoms with Crippen molar-refractivity contribution in [1.82, 2.24) is 4.98 Å². The minimum Gasteiger partial charge on any atom is -0.469 e. The highest BCUT2D eigenvalue weighted by atomic mass is 35.5. The van der Waals surface area contributed by atoms with Gasteiger partial charge >= 0.3 is 5.97 Å². The lowest BCUT2D eigenvalue weighted by Gasteiger charge is -2.08. The Bertz CT molecular complexity index is 473. The number of alkyl halides is 3. The third-order valence-electron chi connectivity index (χ3n) is 2.17. The Morgan fingerprint density at radius 1 is 1.59 bits per heavy atom. The molecule has 17 heavy (non-hydrogen) atoms. The van der Waals surface area contributed by atoms with Crippen molar-refractivity contribution in [1.29, 1.82) is 0 Å². The summed E-state index contributed by atoms with van der Waals surface area (Å²) >= 11 is 5.57. The molecule has 0 saturated carbocycles. The fourth-order valence-electron chi connectivity index (χ4n) is 1.29. The summed E-state index contributed by atoms with van der Waals surface area (Å²) in [5.41, 5.74) is -1.10. The molecule has 0 spiro atoms. The van der Waals surface area contributed by atoms with E-state index < -0.39 is 23.5 Å². The van der Waals surface area contributed by atoms with Crippen LogP contribution in [0.2, 0.25) is 0 Å². The van der Waals surface area contributed by atoms with E-state index in [1.54, 1.807) is 0 Å². The number of hydrogen-bond donors (Lipinski definition) is 1. The zero-order chi connectivity index (χ0) is 13.0. The maximum absolute atomic E-state index is 12.4. The maximum atomic E-state index is 12.4. The Balaban J connectivity index is 3.19. The van der Waals surface area contributed by atoms with Crippen molar-refractivity contribution < 1.29 is 18.3 Å². The van der Waals surface area contributed by atoms with Gasteiger partial charge in [0.25, 0.3) is 12.0 Å². The van der Waals surface area contributed by atoms with E-state index in [0.29, 0.717) is 0 Å². The lowest BCUT2D eigenvalue weighted by molar-refractivity contribution is -0.139. The molecule has 1 N–H and O–H groups in total. The molecule has 1 heterocycles. The van der Waals surface area contributed by atoms with Crippen LogP contribution in [0.25, 0.3) is 0 Å². The third kappa shape index (κ3) is 3.26. The highest BCUT2D eigenvalue weighted by Crippen LogP contribution is 2.18. The van der Waals surface area contributed by atoms with Crippen LogP contribution in [0, 0.1) is 0 Å². The van der Waals surface area contributed by atoms with Gasteiger partial charge in [-0.25, -0.2) is 8.78 Å². The number of nitrogens with one attached hydrogen (secondary N) is 1. The van der Waals surface area contributed by atoms with Gasteiger partial charge in [0.2, 0.25) is 0 Å². The molecule has 0 aliphatic heterocycles. The SMILES string of the molecule is COC(=O)Cc1[nH]c(=O)c(C(F)F)cc1CCl. The van der Waals surface area contributed by atoms with Gasteiger partial charge in [0.1, 0.15) is 0 Å². The van der Waals surface area contributed by atoms with Gasteiger partial charge in [-0.05, 0) is 11.6 Å². The fourth-order valence-corrected chi connectivity index (χ4v) is 1.52. The van der Waals surface area contributed by atoms with Gasteiger partial charge in [-0.15, -0.1) is 11.6 Å². The van der Waals surface area contributed by atoms with Gasteiger partial charge in [-0.1, -0.05) is 0 Å². The van der Waals surface area contributed by atoms with E-state index in [-0.39, 0.29) is 23.6 Å². The predicted octanol–water partition coefficient (Wildman–Crippen LogP) is 1.77. The van der Waals surface area contributed by atoms with Crippen molar-refractivity contribution in [2.75, 3.05) is 7.11 Å². The third-order valence-corrected chi connectivity index (χ3v) is 2.46. The van der Waals surface area contributed by atoms with Gasteiger partial charge in [0.15, 0.2) is 0 Å². The molecule has 0 aromatic carbocycles. The standard InChI is InChI=1S/C10H10ClF2NO3/c1-17-8(15)3-7-5(4-11)2-6(9(12)13)10(16)14-7/h2,9H,3-4H2,1H3,(H,14,16). The number of rotatable bonds is 4. The van der Waals surface area contributed by atoms with Crippen molar-refractivity contribution in [2.45, 2.75) is 18.7 Å². The number of aromatic amines is 1. The Hall–Kier alpha value is -1.43. The fraction of sp³-hybridized carbons (Fsp3) is 0.400. The first kappa shape index (κ1) is 13.6. The second kappa shape index (κ2) is 5.77. The van der Waals surface area contributed by atoms with Crippen LogP contribution in [0.5, 0.6) is 0 Å². The van der Waals surface area contributed by atoms with E-state index in [9.17, 15) is 18.4 Å². The largest absolute Gasteiger partial charge is 0.469 e. The Morgan fingerprint density at radius 2 is 2.24 bits per heavy atom. The molecule has 0 atom stereocenters. The van der Waals surface area contributed by atoms with E-state index in [1.165, 1.54) is 7.11 Å². The van der Waals surface area contributed by atoms with Crippen molar-refractivity contribution in [3.63, 3.8) is 0 Å². The number of ether oxygens (including phenoxy) is 1. The number of hydrogen-bond acceptors (Lipinski definition) is 3. The van der Waals surface area contributed by atoms with Crippen LogP contribution in [0.4, 0.5) is 8.78 Å². The van der Waals surface area contributed by atoms with Crippen molar-refractivity contribution in [3.05, 3.63) is 33.2 Å². The molecule has 0 radical (unpaired) electrons. The lowest BCUT2D eigenvalue weighted by atomic mass is 10.1. The van der Waals surface area contributed by atoms with Crippen LogP contribution in [-0.2, 0) is 21.8 Å². The summed E-state index contributed by atoms with van der Waals surface area (Å²) < 4.78 is 29.3. The number of aromatic nitrogens is 1. The van der Waals surface area contributed by atoms with Gasteiger partial charge < -0.3 is 9.72 Å². The first-order valence-electron chi connectivity index (χ1n) is 4.65. The summed E-state index contributed by atoms with van der Waals surface area (Å²) in [5.74, 6) is -0.667. The molecule has 4 nitrogen and oxygen atoms in total. The zero-order valence-electron chi connectivity index (χ0n) is 8.93. The second-order valence-electron chi connectivity index (χ2n) is 3.24. The molecule has 1 rings (SSSR count). The van der Waals surface area contributed by atoms with Crippen molar-refractivity contribution in [3.8, 4) is 0 Å². The number of pyridine rings is 1. The smallest absolute Gasteiger partial charge is 0.311 e. The Labute approximate surface area is 101 Å². The van der Waals surface area contributed by atoms with Crippen LogP contribution in [0.1, 0.15) is 23.2 Å². The van der Waals surface area contributed by atoms with Gasteiger partial charge in [0.05, 0.1) is 19.1 Å². The second-order valence-corrected chi connectivity index (χ2v) is 3.51. The Kier molecular flexibility index (Phi) is 4.62. The van der Waals surface area contributed by atoms with Gasteiger partial charge in [-0.3, -0.25) is 9.59 Å². The van der Waals surface area contributed by atoms with E-state index in [2.05, 4.69) is 9.72 Å². The minimum atomic E-state index is -2.88. The number of H-pyrrole nitrogens is 1. The van der Waals surface area contributed by atoms with Crippen LogP contribution in [-0.4, -0.2) is 18.1 Å². The molecule has 94 valence electrons. The molecule has 1 aromatic rings. The maximum Gasteiger partial charge on any atom is 0.311 e. The molecule has 0 bridgehead atoms. The van der Waals surface area contributed by atoms with Gasteiger partial charge in [0, 0.05) is 11.6 Å². The van der Waals surface area contributed by atoms with Gasteiger partial charge in [-0.2, -0.15) is 0 Å². The molecule has 0 saturated heterocycles. The van der Waals surface area contributed by atoms with Crippen LogP contribution in [0.15, 0.2) is 10.9 Å². The number of halogens is 3. The van der Waals surface area contributed by atoms with Crippen molar-refractivity contribution >= 4 is 17.6 Å². The van der Waals surface area contributed by atoms with Crippen molar-refractivity contribution in [2.24, 2.45) is 0 Å². The van der Waals surface area contributed by atoms with Crippen LogP contribution in [0.3, 0.4) is 0 Å². The molecule has 0 aliphatic rings. The lowest BCUT2D eigenvalue weighted by Crippen LogP contribution is -2.19. The minimum absolute atomic E-state index is 0.0805. The number of esters is 1. The number of methoxy groups -OCH3 is 1. The average Bonchev–Trinajstić information content (AvgIpc) is 2.28. The van der Waals surface area contributed by atoms with Crippen LogP contribution < -0.4 is 5.56 Å².